The Bertz CT molecular complexity index is 1060. The number of nitrogens with zero attached hydrogens (tertiary/aromatic N) is 4. The van der Waals surface area contributed by atoms with Gasteiger partial charge in [0.15, 0.2) is 5.75 Å². The van der Waals surface area contributed by atoms with Gasteiger partial charge >= 0.3 is 0 Å². The standard InChI is InChI=1S/C24H32N4O2.ClH/c1-24(2,3)10-16-30-22-7-6-13-27(23(22)29)20-8-9-21-19(17-20)18-25-28(21)15-14-26-11-4-5-12-26;/h6-9,13,17-18H,4-5,10-12,14-16H2,1-3H3;1H. The number of likely N-dealkylation sites (tertiary alicyclic amines) is 1. The van der Waals surface area contributed by atoms with Crippen LogP contribution in [-0.2, 0) is 6.54 Å². The highest BCUT2D eigenvalue weighted by atomic mass is 35.5. The fraction of sp³-hybridized carbons (Fsp3) is 0.500. The predicted octanol–water partition coefficient (Wildman–Crippen LogP) is 4.52. The second-order valence-electron chi connectivity index (χ2n) is 9.37. The molecule has 0 saturated carbocycles. The lowest BCUT2D eigenvalue weighted by Crippen LogP contribution is -2.24. The van der Waals surface area contributed by atoms with E-state index >= 15 is 0 Å². The van der Waals surface area contributed by atoms with Crippen LogP contribution in [-0.4, -0.2) is 45.5 Å². The number of hydrogen-bond donors (Lipinski definition) is 0. The van der Waals surface area contributed by atoms with Gasteiger partial charge in [0.2, 0.25) is 0 Å². The number of rotatable bonds is 7. The monoisotopic (exact) mass is 444 g/mol. The molecule has 0 spiro atoms. The van der Waals surface area contributed by atoms with E-state index in [1.165, 1.54) is 25.9 Å². The highest BCUT2D eigenvalue weighted by Crippen LogP contribution is 2.20. The Morgan fingerprint density at radius 3 is 2.61 bits per heavy atom. The summed E-state index contributed by atoms with van der Waals surface area (Å²) in [7, 11) is 0. The van der Waals surface area contributed by atoms with E-state index in [0.717, 1.165) is 36.1 Å². The SMILES string of the molecule is CC(C)(C)CCOc1cccn(-c2ccc3c(cnn3CCN3CCCC3)c2)c1=O.Cl. The third kappa shape index (κ3) is 5.69. The molecule has 1 fully saturated rings. The zero-order valence-electron chi connectivity index (χ0n) is 18.7. The zero-order chi connectivity index (χ0) is 21.1. The van der Waals surface area contributed by atoms with E-state index in [0.29, 0.717) is 12.4 Å². The average Bonchev–Trinajstić information content (AvgIpc) is 3.36. The normalized spacial score (nSPS) is 14.7. The zero-order valence-corrected chi connectivity index (χ0v) is 19.5. The van der Waals surface area contributed by atoms with Crippen LogP contribution in [0, 0.1) is 5.41 Å². The highest BCUT2D eigenvalue weighted by molar-refractivity contribution is 5.85. The van der Waals surface area contributed by atoms with Crippen molar-refractivity contribution < 1.29 is 4.74 Å². The van der Waals surface area contributed by atoms with E-state index in [9.17, 15) is 4.79 Å². The third-order valence-electron chi connectivity index (χ3n) is 5.75. The molecule has 3 aromatic rings. The van der Waals surface area contributed by atoms with Crippen LogP contribution < -0.4 is 10.3 Å². The maximum absolute atomic E-state index is 12.9. The van der Waals surface area contributed by atoms with Gasteiger partial charge in [-0.05, 0) is 68.1 Å². The van der Waals surface area contributed by atoms with E-state index in [2.05, 4.69) is 41.5 Å². The molecule has 0 atom stereocenters. The topological polar surface area (TPSA) is 52.3 Å². The van der Waals surface area contributed by atoms with Gasteiger partial charge in [0.25, 0.3) is 5.56 Å². The quantitative estimate of drug-likeness (QED) is 0.537. The van der Waals surface area contributed by atoms with Crippen LogP contribution >= 0.6 is 12.4 Å². The van der Waals surface area contributed by atoms with Crippen LogP contribution in [0.2, 0.25) is 0 Å². The van der Waals surface area contributed by atoms with E-state index < -0.39 is 0 Å². The number of pyridine rings is 1. The van der Waals surface area contributed by atoms with Gasteiger partial charge in [0.05, 0.1) is 24.9 Å². The van der Waals surface area contributed by atoms with Crippen molar-refractivity contribution in [3.8, 4) is 11.4 Å². The minimum absolute atomic E-state index is 0. The van der Waals surface area contributed by atoms with Crippen LogP contribution in [0.4, 0.5) is 0 Å². The molecule has 6 nitrogen and oxygen atoms in total. The molecule has 0 radical (unpaired) electrons. The van der Waals surface area contributed by atoms with Gasteiger partial charge in [0.1, 0.15) is 0 Å². The first kappa shape index (κ1) is 23.4. The summed E-state index contributed by atoms with van der Waals surface area (Å²) in [5, 5.41) is 5.61. The Morgan fingerprint density at radius 2 is 1.87 bits per heavy atom. The van der Waals surface area contributed by atoms with E-state index in [1.807, 2.05) is 24.4 Å². The van der Waals surface area contributed by atoms with E-state index in [-0.39, 0.29) is 23.4 Å². The van der Waals surface area contributed by atoms with Crippen LogP contribution in [0.25, 0.3) is 16.6 Å². The van der Waals surface area contributed by atoms with E-state index in [1.54, 1.807) is 16.8 Å². The molecule has 0 amide bonds. The highest BCUT2D eigenvalue weighted by Gasteiger charge is 2.14. The summed E-state index contributed by atoms with van der Waals surface area (Å²) in [6.45, 7) is 11.3. The Balaban J connectivity index is 0.00000272. The van der Waals surface area contributed by atoms with Crippen molar-refractivity contribution in [2.45, 2.75) is 46.6 Å². The summed E-state index contributed by atoms with van der Waals surface area (Å²) in [5.41, 5.74) is 1.97. The molecule has 1 saturated heterocycles. The van der Waals surface area contributed by atoms with Gasteiger partial charge in [-0.15, -0.1) is 12.4 Å². The maximum Gasteiger partial charge on any atom is 0.297 e. The molecule has 2 aromatic heterocycles. The van der Waals surface area contributed by atoms with Crippen molar-refractivity contribution in [2.24, 2.45) is 5.41 Å². The van der Waals surface area contributed by atoms with Crippen LogP contribution in [0.15, 0.2) is 47.5 Å². The minimum atomic E-state index is -0.132. The first-order chi connectivity index (χ1) is 14.4. The largest absolute Gasteiger partial charge is 0.488 e. The number of fused-ring (bicyclic) bond motifs is 1. The van der Waals surface area contributed by atoms with Gasteiger partial charge in [0, 0.05) is 23.8 Å². The molecular formula is C24H33ClN4O2. The van der Waals surface area contributed by atoms with Crippen molar-refractivity contribution in [3.63, 3.8) is 0 Å². The molecule has 1 aliphatic heterocycles. The van der Waals surface area contributed by atoms with Crippen molar-refractivity contribution >= 4 is 23.3 Å². The molecule has 0 aliphatic carbocycles. The van der Waals surface area contributed by atoms with Gasteiger partial charge in [-0.1, -0.05) is 20.8 Å². The van der Waals surface area contributed by atoms with Gasteiger partial charge in [-0.2, -0.15) is 5.10 Å². The second kappa shape index (κ2) is 9.88. The third-order valence-corrected chi connectivity index (χ3v) is 5.75. The number of benzene rings is 1. The van der Waals surface area contributed by atoms with Crippen molar-refractivity contribution in [2.75, 3.05) is 26.2 Å². The fourth-order valence-corrected chi connectivity index (χ4v) is 3.90. The molecule has 0 N–H and O–H groups in total. The molecule has 31 heavy (non-hydrogen) atoms. The van der Waals surface area contributed by atoms with Crippen LogP contribution in [0.1, 0.15) is 40.0 Å². The number of hydrogen-bond acceptors (Lipinski definition) is 4. The van der Waals surface area contributed by atoms with Crippen LogP contribution in [0.3, 0.4) is 0 Å². The van der Waals surface area contributed by atoms with Crippen molar-refractivity contribution in [1.82, 2.24) is 19.2 Å². The van der Waals surface area contributed by atoms with Crippen molar-refractivity contribution in [3.05, 3.63) is 53.1 Å². The predicted molar refractivity (Wildman–Crippen MR) is 128 cm³/mol. The van der Waals surface area contributed by atoms with Gasteiger partial charge in [-0.3, -0.25) is 14.0 Å². The lowest BCUT2D eigenvalue weighted by Gasteiger charge is -2.18. The molecule has 1 aromatic carbocycles. The summed E-state index contributed by atoms with van der Waals surface area (Å²) in [5.74, 6) is 0.392. The molecule has 1 aliphatic rings. The first-order valence-corrected chi connectivity index (χ1v) is 10.9. The Morgan fingerprint density at radius 1 is 1.10 bits per heavy atom. The Labute approximate surface area is 190 Å². The maximum atomic E-state index is 12.9. The van der Waals surface area contributed by atoms with Crippen LogP contribution in [0.5, 0.6) is 5.75 Å². The fourth-order valence-electron chi connectivity index (χ4n) is 3.90. The average molecular weight is 445 g/mol. The molecule has 7 heteroatoms. The summed E-state index contributed by atoms with van der Waals surface area (Å²) in [4.78, 5) is 15.4. The Hall–Kier alpha value is -2.31. The number of aromatic nitrogens is 3. The number of ether oxygens (including phenoxy) is 1. The summed E-state index contributed by atoms with van der Waals surface area (Å²) in [6.07, 6.45) is 7.17. The molecule has 0 bridgehead atoms. The Kier molecular flexibility index (Phi) is 7.44. The molecule has 168 valence electrons. The summed E-state index contributed by atoms with van der Waals surface area (Å²) in [6, 6.07) is 9.67. The number of halogens is 1. The molecule has 0 unspecified atom stereocenters. The van der Waals surface area contributed by atoms with E-state index in [4.69, 9.17) is 4.74 Å². The lowest BCUT2D eigenvalue weighted by molar-refractivity contribution is 0.240. The van der Waals surface area contributed by atoms with Gasteiger partial charge in [-0.25, -0.2) is 0 Å². The second-order valence-corrected chi connectivity index (χ2v) is 9.37. The minimum Gasteiger partial charge on any atom is -0.488 e. The molecule has 3 heterocycles. The first-order valence-electron chi connectivity index (χ1n) is 10.9. The molecular weight excluding hydrogens is 412 g/mol. The lowest BCUT2D eigenvalue weighted by atomic mass is 9.93. The summed E-state index contributed by atoms with van der Waals surface area (Å²) >= 11 is 0. The van der Waals surface area contributed by atoms with Gasteiger partial charge < -0.3 is 9.64 Å². The smallest absolute Gasteiger partial charge is 0.297 e. The summed E-state index contributed by atoms with van der Waals surface area (Å²) < 4.78 is 9.50. The molecule has 4 rings (SSSR count). The van der Waals surface area contributed by atoms with Crippen molar-refractivity contribution in [1.29, 1.82) is 0 Å².